The molecule has 0 unspecified atom stereocenters. The van der Waals surface area contributed by atoms with Crippen LogP contribution in [0.2, 0.25) is 0 Å². The molecule has 0 radical (unpaired) electrons. The number of benzene rings is 2. The highest BCUT2D eigenvalue weighted by Crippen LogP contribution is 2.22. The number of nitrogens with zero attached hydrogens (tertiary/aromatic N) is 5. The lowest BCUT2D eigenvalue weighted by Gasteiger charge is -2.26. The van der Waals surface area contributed by atoms with Crippen LogP contribution in [0.15, 0.2) is 48.5 Å². The van der Waals surface area contributed by atoms with Crippen LogP contribution in [-0.4, -0.2) is 57.4 Å². The fraction of sp³-hybridized carbons (Fsp3) is 0.273. The predicted octanol–water partition coefficient (Wildman–Crippen LogP) is 3.44. The van der Waals surface area contributed by atoms with Crippen LogP contribution in [0.5, 0.6) is 5.75 Å². The van der Waals surface area contributed by atoms with E-state index in [9.17, 15) is 0 Å². The van der Waals surface area contributed by atoms with Gasteiger partial charge in [0.05, 0.1) is 19.2 Å². The van der Waals surface area contributed by atoms with Crippen LogP contribution < -0.4 is 10.1 Å². The quantitative estimate of drug-likeness (QED) is 0.442. The molecule has 4 aromatic rings. The van der Waals surface area contributed by atoms with E-state index in [0.717, 1.165) is 27.9 Å². The summed E-state index contributed by atoms with van der Waals surface area (Å²) in [4.78, 5) is 2.05. The minimum absolute atomic E-state index is 0.535. The summed E-state index contributed by atoms with van der Waals surface area (Å²) in [6.07, 6.45) is 0. The standard InChI is InChI=1S/C22H24N6O2S/c1-15-7-8-20-16(11-15)12-17(21-24-25-26-28(20)21)14-27(9-10-29-2)22(31)23-18-5-4-6-19(13-18)30-3/h4-8,11-13H,9-10,14H2,1-3H3,(H,23,31). The van der Waals surface area contributed by atoms with Gasteiger partial charge in [0.25, 0.3) is 0 Å². The second kappa shape index (κ2) is 9.23. The Morgan fingerprint density at radius 3 is 2.84 bits per heavy atom. The molecule has 0 saturated heterocycles. The van der Waals surface area contributed by atoms with E-state index in [1.54, 1.807) is 18.7 Å². The van der Waals surface area contributed by atoms with Crippen molar-refractivity contribution in [1.29, 1.82) is 0 Å². The number of hydrogen-bond acceptors (Lipinski definition) is 6. The molecule has 0 bridgehead atoms. The van der Waals surface area contributed by atoms with E-state index < -0.39 is 0 Å². The molecule has 8 nitrogen and oxygen atoms in total. The Bertz CT molecular complexity index is 1230. The third kappa shape index (κ3) is 4.57. The van der Waals surface area contributed by atoms with Gasteiger partial charge in [-0.15, -0.1) is 5.10 Å². The molecule has 2 heterocycles. The number of nitrogens with one attached hydrogen (secondary N) is 1. The first-order valence-corrected chi connectivity index (χ1v) is 10.3. The number of rotatable bonds is 7. The van der Waals surface area contributed by atoms with Gasteiger partial charge in [0.15, 0.2) is 10.8 Å². The summed E-state index contributed by atoms with van der Waals surface area (Å²) in [5.41, 5.74) is 4.69. The number of methoxy groups -OCH3 is 2. The van der Waals surface area contributed by atoms with Crippen molar-refractivity contribution in [1.82, 2.24) is 24.9 Å². The highest BCUT2D eigenvalue weighted by Gasteiger charge is 2.16. The minimum Gasteiger partial charge on any atom is -0.497 e. The summed E-state index contributed by atoms with van der Waals surface area (Å²) >= 11 is 5.73. The molecule has 160 valence electrons. The van der Waals surface area contributed by atoms with E-state index in [1.165, 1.54) is 5.56 Å². The molecule has 0 spiro atoms. The number of aryl methyl sites for hydroxylation is 1. The van der Waals surface area contributed by atoms with Crippen LogP contribution >= 0.6 is 12.2 Å². The molecule has 2 aromatic heterocycles. The SMILES string of the molecule is COCCN(Cc1cc2cc(C)ccc2n2nnnc12)C(=S)Nc1cccc(OC)c1. The fourth-order valence-electron chi connectivity index (χ4n) is 3.46. The lowest BCUT2D eigenvalue weighted by atomic mass is 10.1. The van der Waals surface area contributed by atoms with Gasteiger partial charge in [-0.2, -0.15) is 4.52 Å². The molecular formula is C22H24N6O2S. The molecule has 0 atom stereocenters. The smallest absolute Gasteiger partial charge is 0.184 e. The number of aromatic nitrogens is 4. The Kier molecular flexibility index (Phi) is 6.24. The first-order valence-electron chi connectivity index (χ1n) is 9.88. The first-order chi connectivity index (χ1) is 15.1. The molecule has 31 heavy (non-hydrogen) atoms. The topological polar surface area (TPSA) is 76.8 Å². The van der Waals surface area contributed by atoms with Crippen LogP contribution in [0.1, 0.15) is 11.1 Å². The van der Waals surface area contributed by atoms with Gasteiger partial charge in [0.1, 0.15) is 5.75 Å². The van der Waals surface area contributed by atoms with E-state index in [4.69, 9.17) is 21.7 Å². The summed E-state index contributed by atoms with van der Waals surface area (Å²) in [6, 6.07) is 16.0. The Morgan fingerprint density at radius 1 is 1.16 bits per heavy atom. The lowest BCUT2D eigenvalue weighted by molar-refractivity contribution is 0.175. The molecular weight excluding hydrogens is 412 g/mol. The van der Waals surface area contributed by atoms with Gasteiger partial charge in [-0.05, 0) is 59.9 Å². The fourth-order valence-corrected chi connectivity index (χ4v) is 3.74. The first kappa shape index (κ1) is 21.0. The molecule has 2 aromatic carbocycles. The molecule has 0 aliphatic carbocycles. The van der Waals surface area contributed by atoms with E-state index in [-0.39, 0.29) is 0 Å². The van der Waals surface area contributed by atoms with Crippen molar-refractivity contribution in [3.63, 3.8) is 0 Å². The van der Waals surface area contributed by atoms with Crippen LogP contribution in [0.3, 0.4) is 0 Å². The van der Waals surface area contributed by atoms with Gasteiger partial charge in [-0.25, -0.2) is 0 Å². The number of ether oxygens (including phenoxy) is 2. The van der Waals surface area contributed by atoms with Gasteiger partial charge < -0.3 is 19.7 Å². The van der Waals surface area contributed by atoms with Gasteiger partial charge in [-0.3, -0.25) is 0 Å². The van der Waals surface area contributed by atoms with Crippen molar-refractivity contribution in [2.75, 3.05) is 32.7 Å². The monoisotopic (exact) mass is 436 g/mol. The highest BCUT2D eigenvalue weighted by molar-refractivity contribution is 7.80. The molecule has 0 saturated carbocycles. The Balaban J connectivity index is 1.66. The van der Waals surface area contributed by atoms with E-state index >= 15 is 0 Å². The minimum atomic E-state index is 0.535. The Morgan fingerprint density at radius 2 is 2.03 bits per heavy atom. The van der Waals surface area contributed by atoms with E-state index in [1.807, 2.05) is 35.2 Å². The van der Waals surface area contributed by atoms with Gasteiger partial charge >= 0.3 is 0 Å². The van der Waals surface area contributed by atoms with Crippen molar-refractivity contribution in [2.45, 2.75) is 13.5 Å². The van der Waals surface area contributed by atoms with Crippen molar-refractivity contribution < 1.29 is 9.47 Å². The average Bonchev–Trinajstić information content (AvgIpc) is 3.26. The Hall–Kier alpha value is -3.30. The number of hydrogen-bond donors (Lipinski definition) is 1. The molecule has 4 rings (SSSR count). The number of tetrazole rings is 1. The summed E-state index contributed by atoms with van der Waals surface area (Å²) in [5, 5.41) is 17.3. The number of anilines is 1. The van der Waals surface area contributed by atoms with Crippen molar-refractivity contribution in [2.24, 2.45) is 0 Å². The van der Waals surface area contributed by atoms with Gasteiger partial charge in [0, 0.05) is 42.9 Å². The number of thiocarbonyl (C=S) groups is 1. The zero-order chi connectivity index (χ0) is 21.8. The number of fused-ring (bicyclic) bond motifs is 3. The lowest BCUT2D eigenvalue weighted by Crippen LogP contribution is -2.36. The summed E-state index contributed by atoms with van der Waals surface area (Å²) < 4.78 is 12.4. The van der Waals surface area contributed by atoms with Gasteiger partial charge in [0.2, 0.25) is 0 Å². The molecule has 0 fully saturated rings. The van der Waals surface area contributed by atoms with Gasteiger partial charge in [-0.1, -0.05) is 17.7 Å². The zero-order valence-corrected chi connectivity index (χ0v) is 18.5. The van der Waals surface area contributed by atoms with Crippen molar-refractivity contribution >= 4 is 39.6 Å². The van der Waals surface area contributed by atoms with E-state index in [0.29, 0.717) is 30.5 Å². The average molecular weight is 437 g/mol. The summed E-state index contributed by atoms with van der Waals surface area (Å²) in [7, 11) is 3.32. The zero-order valence-electron chi connectivity index (χ0n) is 17.7. The maximum atomic E-state index is 5.73. The predicted molar refractivity (Wildman–Crippen MR) is 125 cm³/mol. The summed E-state index contributed by atoms with van der Waals surface area (Å²) in [6.45, 7) is 3.76. The molecule has 0 aliphatic rings. The van der Waals surface area contributed by atoms with Crippen LogP contribution in [0.25, 0.3) is 16.6 Å². The van der Waals surface area contributed by atoms with Crippen LogP contribution in [-0.2, 0) is 11.3 Å². The van der Waals surface area contributed by atoms with Crippen molar-refractivity contribution in [3.05, 3.63) is 59.7 Å². The molecule has 0 aliphatic heterocycles. The largest absolute Gasteiger partial charge is 0.497 e. The third-order valence-electron chi connectivity index (χ3n) is 5.03. The van der Waals surface area contributed by atoms with Crippen LogP contribution in [0, 0.1) is 6.92 Å². The number of pyridine rings is 1. The Labute approximate surface area is 185 Å². The molecule has 9 heteroatoms. The second-order valence-electron chi connectivity index (χ2n) is 7.22. The normalized spacial score (nSPS) is 11.1. The van der Waals surface area contributed by atoms with Crippen molar-refractivity contribution in [3.8, 4) is 5.75 Å². The molecule has 1 N–H and O–H groups in total. The maximum absolute atomic E-state index is 5.73. The second-order valence-corrected chi connectivity index (χ2v) is 7.61. The maximum Gasteiger partial charge on any atom is 0.184 e. The summed E-state index contributed by atoms with van der Waals surface area (Å²) in [5.74, 6) is 0.761. The third-order valence-corrected chi connectivity index (χ3v) is 5.39. The highest BCUT2D eigenvalue weighted by atomic mass is 32.1. The van der Waals surface area contributed by atoms with E-state index in [2.05, 4.69) is 46.0 Å². The van der Waals surface area contributed by atoms with Crippen LogP contribution in [0.4, 0.5) is 5.69 Å². The molecule has 0 amide bonds.